The van der Waals surface area contributed by atoms with Crippen molar-refractivity contribution in [2.75, 3.05) is 6.61 Å². The molecular formula is C22H23NO2. The summed E-state index contributed by atoms with van der Waals surface area (Å²) < 4.78 is 5.76. The topological polar surface area (TPSA) is 50.1 Å². The number of rotatable bonds is 10. The van der Waals surface area contributed by atoms with E-state index in [0.717, 1.165) is 42.6 Å². The van der Waals surface area contributed by atoms with Gasteiger partial charge in [-0.15, -0.1) is 0 Å². The summed E-state index contributed by atoms with van der Waals surface area (Å²) in [6, 6.07) is 17.7. The van der Waals surface area contributed by atoms with Crippen LogP contribution >= 0.6 is 0 Å². The van der Waals surface area contributed by atoms with Crippen LogP contribution in [0.5, 0.6) is 5.75 Å². The third-order valence-electron chi connectivity index (χ3n) is 4.02. The molecule has 3 heteroatoms. The molecule has 2 rings (SSSR count). The lowest BCUT2D eigenvalue weighted by atomic mass is 10.0. The van der Waals surface area contributed by atoms with Crippen LogP contribution in [-0.4, -0.2) is 12.4 Å². The summed E-state index contributed by atoms with van der Waals surface area (Å²) >= 11 is 0. The van der Waals surface area contributed by atoms with E-state index in [1.165, 1.54) is 6.08 Å². The van der Waals surface area contributed by atoms with Crippen LogP contribution in [-0.2, 0) is 4.79 Å². The van der Waals surface area contributed by atoms with Crippen molar-refractivity contribution >= 4 is 5.78 Å². The molecule has 2 aromatic carbocycles. The number of carbonyl (C=O) groups excluding carboxylic acids is 1. The zero-order chi connectivity index (χ0) is 17.9. The molecule has 128 valence electrons. The molecule has 0 N–H and O–H groups in total. The number of benzene rings is 2. The fourth-order valence-electron chi connectivity index (χ4n) is 2.53. The number of allylic oxidation sites excluding steroid dienone is 1. The Labute approximate surface area is 149 Å². The molecule has 0 spiro atoms. The summed E-state index contributed by atoms with van der Waals surface area (Å²) in [5.74, 6) is 0.984. The standard InChI is InChI=1S/C22H23NO2/c1-2-21(24)7-5-3-4-6-16-25-22-14-12-20(13-15-22)19-10-8-18(17-23)9-11-19/h2,8-15H,1,3-7,16H2. The molecule has 0 aliphatic rings. The second-order valence-electron chi connectivity index (χ2n) is 5.90. The van der Waals surface area contributed by atoms with Gasteiger partial charge in [0.25, 0.3) is 0 Å². The van der Waals surface area contributed by atoms with E-state index in [0.29, 0.717) is 18.6 Å². The number of carbonyl (C=O) groups is 1. The van der Waals surface area contributed by atoms with Crippen LogP contribution in [0.25, 0.3) is 11.1 Å². The van der Waals surface area contributed by atoms with Gasteiger partial charge in [0.2, 0.25) is 0 Å². The third-order valence-corrected chi connectivity index (χ3v) is 4.02. The van der Waals surface area contributed by atoms with E-state index in [2.05, 4.69) is 12.6 Å². The van der Waals surface area contributed by atoms with Crippen molar-refractivity contribution < 1.29 is 9.53 Å². The van der Waals surface area contributed by atoms with Gasteiger partial charge in [0.1, 0.15) is 5.75 Å². The highest BCUT2D eigenvalue weighted by Crippen LogP contribution is 2.23. The van der Waals surface area contributed by atoms with Gasteiger partial charge in [-0.1, -0.05) is 43.7 Å². The first-order valence-electron chi connectivity index (χ1n) is 8.61. The Bertz CT molecular complexity index is 724. The molecule has 25 heavy (non-hydrogen) atoms. The molecular weight excluding hydrogens is 310 g/mol. The van der Waals surface area contributed by atoms with Crippen molar-refractivity contribution in [3.05, 3.63) is 66.7 Å². The van der Waals surface area contributed by atoms with Crippen molar-refractivity contribution in [1.29, 1.82) is 5.26 Å². The first kappa shape index (κ1) is 18.5. The summed E-state index contributed by atoms with van der Waals surface area (Å²) in [7, 11) is 0. The number of unbranched alkanes of at least 4 members (excludes halogenated alkanes) is 3. The molecule has 0 atom stereocenters. The van der Waals surface area contributed by atoms with E-state index in [1.807, 2.05) is 48.5 Å². The van der Waals surface area contributed by atoms with E-state index in [9.17, 15) is 4.79 Å². The van der Waals surface area contributed by atoms with Crippen molar-refractivity contribution in [2.24, 2.45) is 0 Å². The molecule has 0 aromatic heterocycles. The number of nitrogens with zero attached hydrogens (tertiary/aromatic N) is 1. The maximum Gasteiger partial charge on any atom is 0.155 e. The van der Waals surface area contributed by atoms with Gasteiger partial charge in [0.15, 0.2) is 5.78 Å². The van der Waals surface area contributed by atoms with Crippen LogP contribution in [0.15, 0.2) is 61.2 Å². The van der Waals surface area contributed by atoms with Crippen LogP contribution in [0.2, 0.25) is 0 Å². The first-order valence-corrected chi connectivity index (χ1v) is 8.61. The third kappa shape index (κ3) is 6.27. The highest BCUT2D eigenvalue weighted by atomic mass is 16.5. The Kier molecular flexibility index (Phi) is 7.46. The molecule has 0 aliphatic heterocycles. The van der Waals surface area contributed by atoms with Gasteiger partial charge in [-0.2, -0.15) is 5.26 Å². The summed E-state index contributed by atoms with van der Waals surface area (Å²) in [4.78, 5) is 11.1. The quantitative estimate of drug-likeness (QED) is 0.437. The highest BCUT2D eigenvalue weighted by molar-refractivity contribution is 5.88. The Balaban J connectivity index is 1.70. The first-order chi connectivity index (χ1) is 12.2. The van der Waals surface area contributed by atoms with E-state index in [1.54, 1.807) is 0 Å². The second-order valence-corrected chi connectivity index (χ2v) is 5.90. The molecule has 3 nitrogen and oxygen atoms in total. The maximum atomic E-state index is 11.1. The molecule has 0 saturated heterocycles. The smallest absolute Gasteiger partial charge is 0.155 e. The Morgan fingerprint density at radius 2 is 1.56 bits per heavy atom. The number of ketones is 1. The van der Waals surface area contributed by atoms with Crippen molar-refractivity contribution in [3.8, 4) is 22.9 Å². The fourth-order valence-corrected chi connectivity index (χ4v) is 2.53. The summed E-state index contributed by atoms with van der Waals surface area (Å²) in [5, 5.41) is 8.84. The minimum Gasteiger partial charge on any atom is -0.494 e. The lowest BCUT2D eigenvalue weighted by Gasteiger charge is -2.07. The van der Waals surface area contributed by atoms with Crippen LogP contribution in [0.4, 0.5) is 0 Å². The lowest BCUT2D eigenvalue weighted by Crippen LogP contribution is -1.98. The number of ether oxygens (including phenoxy) is 1. The largest absolute Gasteiger partial charge is 0.494 e. The monoisotopic (exact) mass is 333 g/mol. The molecule has 0 unspecified atom stereocenters. The molecule has 0 radical (unpaired) electrons. The minimum atomic E-state index is 0.124. The average molecular weight is 333 g/mol. The van der Waals surface area contributed by atoms with Gasteiger partial charge < -0.3 is 4.74 Å². The minimum absolute atomic E-state index is 0.124. The Hall–Kier alpha value is -2.86. The SMILES string of the molecule is C=CC(=O)CCCCCCOc1ccc(-c2ccc(C#N)cc2)cc1. The zero-order valence-electron chi connectivity index (χ0n) is 14.4. The van der Waals surface area contributed by atoms with Crippen molar-refractivity contribution in [1.82, 2.24) is 0 Å². The number of hydrogen-bond acceptors (Lipinski definition) is 3. The van der Waals surface area contributed by atoms with Gasteiger partial charge in [0, 0.05) is 6.42 Å². The van der Waals surface area contributed by atoms with Crippen LogP contribution in [0.1, 0.15) is 37.7 Å². The van der Waals surface area contributed by atoms with Crippen LogP contribution < -0.4 is 4.74 Å². The van der Waals surface area contributed by atoms with E-state index < -0.39 is 0 Å². The lowest BCUT2D eigenvalue weighted by molar-refractivity contribution is -0.114. The normalized spacial score (nSPS) is 10.0. The molecule has 0 amide bonds. The number of nitriles is 1. The van der Waals surface area contributed by atoms with Gasteiger partial charge >= 0.3 is 0 Å². The average Bonchev–Trinajstić information content (AvgIpc) is 2.67. The summed E-state index contributed by atoms with van der Waals surface area (Å²) in [5.41, 5.74) is 2.85. The molecule has 2 aromatic rings. The molecule has 0 bridgehead atoms. The van der Waals surface area contributed by atoms with E-state index >= 15 is 0 Å². The van der Waals surface area contributed by atoms with Crippen molar-refractivity contribution in [2.45, 2.75) is 32.1 Å². The molecule has 0 heterocycles. The summed E-state index contributed by atoms with van der Waals surface area (Å²) in [6.07, 6.45) is 6.00. The molecule has 0 fully saturated rings. The van der Waals surface area contributed by atoms with E-state index in [4.69, 9.17) is 10.00 Å². The van der Waals surface area contributed by atoms with Gasteiger partial charge in [0.05, 0.1) is 18.2 Å². The van der Waals surface area contributed by atoms with Gasteiger partial charge in [-0.05, 0) is 54.3 Å². The van der Waals surface area contributed by atoms with Crippen LogP contribution in [0.3, 0.4) is 0 Å². The summed E-state index contributed by atoms with van der Waals surface area (Å²) in [6.45, 7) is 4.16. The van der Waals surface area contributed by atoms with E-state index in [-0.39, 0.29) is 5.78 Å². The van der Waals surface area contributed by atoms with Gasteiger partial charge in [-0.25, -0.2) is 0 Å². The van der Waals surface area contributed by atoms with Crippen LogP contribution in [0, 0.1) is 11.3 Å². The predicted molar refractivity (Wildman–Crippen MR) is 100 cm³/mol. The van der Waals surface area contributed by atoms with Crippen molar-refractivity contribution in [3.63, 3.8) is 0 Å². The Morgan fingerprint density at radius 3 is 2.16 bits per heavy atom. The maximum absolute atomic E-state index is 11.1. The van der Waals surface area contributed by atoms with Gasteiger partial charge in [-0.3, -0.25) is 4.79 Å². The fraction of sp³-hybridized carbons (Fsp3) is 0.273. The molecule has 0 aliphatic carbocycles. The zero-order valence-corrected chi connectivity index (χ0v) is 14.4. The predicted octanol–water partition coefficient (Wildman–Crippen LogP) is 5.31. The second kappa shape index (κ2) is 10.1. The Morgan fingerprint density at radius 1 is 0.960 bits per heavy atom. The highest BCUT2D eigenvalue weighted by Gasteiger charge is 2.00. The molecule has 0 saturated carbocycles. The number of hydrogen-bond donors (Lipinski definition) is 0.